The van der Waals surface area contributed by atoms with Crippen LogP contribution in [0, 0.1) is 0 Å². The summed E-state index contributed by atoms with van der Waals surface area (Å²) < 4.78 is 16.1. The van der Waals surface area contributed by atoms with Crippen molar-refractivity contribution in [1.29, 1.82) is 0 Å². The molecule has 0 aromatic heterocycles. The van der Waals surface area contributed by atoms with E-state index < -0.39 is 23.5 Å². The van der Waals surface area contributed by atoms with Crippen molar-refractivity contribution in [1.82, 2.24) is 0 Å². The maximum absolute atomic E-state index is 12.8. The molecule has 0 saturated carbocycles. The number of carbonyl (C=O) groups is 3. The van der Waals surface area contributed by atoms with Crippen LogP contribution in [0.4, 0.5) is 0 Å². The van der Waals surface area contributed by atoms with Gasteiger partial charge in [-0.3, -0.25) is 4.79 Å². The Hall–Kier alpha value is -1.89. The normalized spacial score (nSPS) is 17.6. The number of carboxylic acid groups (broad SMARTS) is 1. The molecular weight excluding hydrogens is 352 g/mol. The highest BCUT2D eigenvalue weighted by atomic mass is 16.6. The Morgan fingerprint density at radius 3 is 2.30 bits per heavy atom. The van der Waals surface area contributed by atoms with Gasteiger partial charge in [-0.2, -0.15) is 0 Å². The Morgan fingerprint density at radius 1 is 1.15 bits per heavy atom. The molecule has 0 amide bonds. The molecule has 1 heterocycles. The SMILES string of the molecule is C=C(C)C(=O)OC(CCCCC)(CCCCCC(=O)O)C(=O)OCC1CO1. The summed E-state index contributed by atoms with van der Waals surface area (Å²) in [6.45, 7) is 7.90. The summed E-state index contributed by atoms with van der Waals surface area (Å²) in [7, 11) is 0. The van der Waals surface area contributed by atoms with Gasteiger partial charge in [0.05, 0.1) is 6.61 Å². The lowest BCUT2D eigenvalue weighted by Crippen LogP contribution is -2.45. The monoisotopic (exact) mass is 384 g/mol. The van der Waals surface area contributed by atoms with Crippen LogP contribution in [0.15, 0.2) is 12.2 Å². The van der Waals surface area contributed by atoms with Gasteiger partial charge in [0.1, 0.15) is 12.7 Å². The predicted molar refractivity (Wildman–Crippen MR) is 99.2 cm³/mol. The summed E-state index contributed by atoms with van der Waals surface area (Å²) in [6, 6.07) is 0. The van der Waals surface area contributed by atoms with Crippen LogP contribution >= 0.6 is 0 Å². The Kier molecular flexibility index (Phi) is 10.1. The third kappa shape index (κ3) is 9.04. The summed E-state index contributed by atoms with van der Waals surface area (Å²) in [5.74, 6) is -2.01. The van der Waals surface area contributed by atoms with Gasteiger partial charge < -0.3 is 19.3 Å². The second kappa shape index (κ2) is 11.7. The maximum Gasteiger partial charge on any atom is 0.350 e. The lowest BCUT2D eigenvalue weighted by atomic mass is 9.89. The highest BCUT2D eigenvalue weighted by molar-refractivity contribution is 5.91. The summed E-state index contributed by atoms with van der Waals surface area (Å²) in [5, 5.41) is 8.75. The van der Waals surface area contributed by atoms with Crippen molar-refractivity contribution < 1.29 is 33.7 Å². The van der Waals surface area contributed by atoms with Crippen molar-refractivity contribution in [2.45, 2.75) is 83.3 Å². The number of ether oxygens (including phenoxy) is 3. The van der Waals surface area contributed by atoms with Crippen LogP contribution in [0.25, 0.3) is 0 Å². The number of epoxide rings is 1. The average Bonchev–Trinajstić information content (AvgIpc) is 3.43. The number of aliphatic carboxylic acids is 1. The zero-order valence-corrected chi connectivity index (χ0v) is 16.5. The molecule has 0 radical (unpaired) electrons. The van der Waals surface area contributed by atoms with E-state index in [0.29, 0.717) is 38.7 Å². The van der Waals surface area contributed by atoms with E-state index in [1.807, 2.05) is 0 Å². The first-order valence-corrected chi connectivity index (χ1v) is 9.70. The Balaban J connectivity index is 2.81. The van der Waals surface area contributed by atoms with E-state index in [4.69, 9.17) is 19.3 Å². The molecule has 0 aromatic rings. The van der Waals surface area contributed by atoms with Gasteiger partial charge in [0.2, 0.25) is 5.60 Å². The molecule has 0 bridgehead atoms. The predicted octanol–water partition coefficient (Wildman–Crippen LogP) is 3.40. The standard InChI is InChI=1S/C20H32O7/c1-4-5-8-11-20(27-18(23)15(2)3,12-9-6-7-10-17(21)22)19(24)26-14-16-13-25-16/h16H,2,4-14H2,1,3H3,(H,21,22). The van der Waals surface area contributed by atoms with Gasteiger partial charge in [-0.05, 0) is 39.0 Å². The lowest BCUT2D eigenvalue weighted by Gasteiger charge is -2.31. The summed E-state index contributed by atoms with van der Waals surface area (Å²) in [4.78, 5) is 35.7. The van der Waals surface area contributed by atoms with E-state index in [1.54, 1.807) is 0 Å². The van der Waals surface area contributed by atoms with Crippen LogP contribution in [-0.4, -0.2) is 47.9 Å². The molecule has 154 valence electrons. The van der Waals surface area contributed by atoms with Gasteiger partial charge in [-0.15, -0.1) is 0 Å². The first-order valence-electron chi connectivity index (χ1n) is 9.70. The van der Waals surface area contributed by atoms with Crippen molar-refractivity contribution in [3.63, 3.8) is 0 Å². The fourth-order valence-corrected chi connectivity index (χ4v) is 2.73. The van der Waals surface area contributed by atoms with Crippen LogP contribution in [0.2, 0.25) is 0 Å². The van der Waals surface area contributed by atoms with Crippen LogP contribution in [0.5, 0.6) is 0 Å². The summed E-state index contributed by atoms with van der Waals surface area (Å²) >= 11 is 0. The van der Waals surface area contributed by atoms with Gasteiger partial charge >= 0.3 is 17.9 Å². The molecule has 1 aliphatic rings. The van der Waals surface area contributed by atoms with Crippen molar-refractivity contribution in [3.05, 3.63) is 12.2 Å². The quantitative estimate of drug-likeness (QED) is 0.200. The first kappa shape index (κ1) is 23.1. The van der Waals surface area contributed by atoms with Gasteiger partial charge in [-0.1, -0.05) is 32.8 Å². The summed E-state index contributed by atoms with van der Waals surface area (Å²) in [5.41, 5.74) is -1.14. The molecule has 1 saturated heterocycles. The van der Waals surface area contributed by atoms with Crippen molar-refractivity contribution in [2.24, 2.45) is 0 Å². The fourth-order valence-electron chi connectivity index (χ4n) is 2.73. The van der Waals surface area contributed by atoms with Gasteiger partial charge in [0, 0.05) is 12.0 Å². The van der Waals surface area contributed by atoms with E-state index in [2.05, 4.69) is 13.5 Å². The largest absolute Gasteiger partial charge is 0.481 e. The van der Waals surface area contributed by atoms with E-state index in [9.17, 15) is 14.4 Å². The highest BCUT2D eigenvalue weighted by Crippen LogP contribution is 2.30. The first-order chi connectivity index (χ1) is 12.8. The van der Waals surface area contributed by atoms with Crippen molar-refractivity contribution in [3.8, 4) is 0 Å². The molecule has 1 fully saturated rings. The van der Waals surface area contributed by atoms with Crippen LogP contribution in [0.1, 0.15) is 71.6 Å². The molecule has 27 heavy (non-hydrogen) atoms. The van der Waals surface area contributed by atoms with E-state index in [1.165, 1.54) is 6.92 Å². The second-order valence-corrected chi connectivity index (χ2v) is 7.13. The number of carboxylic acids is 1. The van der Waals surface area contributed by atoms with Gasteiger partial charge in [0.15, 0.2) is 0 Å². The minimum Gasteiger partial charge on any atom is -0.481 e. The fraction of sp³-hybridized carbons (Fsp3) is 0.750. The van der Waals surface area contributed by atoms with Crippen molar-refractivity contribution >= 4 is 17.9 Å². The Bertz CT molecular complexity index is 524. The Morgan fingerprint density at radius 2 is 1.78 bits per heavy atom. The zero-order chi connectivity index (χ0) is 20.3. The number of carbonyl (C=O) groups excluding carboxylic acids is 2. The minimum atomic E-state index is -1.36. The topological polar surface area (TPSA) is 102 Å². The molecule has 7 nitrogen and oxygen atoms in total. The van der Waals surface area contributed by atoms with Gasteiger partial charge in [-0.25, -0.2) is 9.59 Å². The third-order valence-corrected chi connectivity index (χ3v) is 4.47. The van der Waals surface area contributed by atoms with Crippen LogP contribution < -0.4 is 0 Å². The third-order valence-electron chi connectivity index (χ3n) is 4.47. The molecule has 0 aliphatic carbocycles. The van der Waals surface area contributed by atoms with E-state index >= 15 is 0 Å². The molecular formula is C20H32O7. The number of esters is 2. The van der Waals surface area contributed by atoms with Crippen molar-refractivity contribution in [2.75, 3.05) is 13.2 Å². The summed E-state index contributed by atoms with van der Waals surface area (Å²) in [6.07, 6.45) is 5.00. The lowest BCUT2D eigenvalue weighted by molar-refractivity contribution is -0.183. The highest BCUT2D eigenvalue weighted by Gasteiger charge is 2.44. The molecule has 1 N–H and O–H groups in total. The number of rotatable bonds is 15. The maximum atomic E-state index is 12.8. The molecule has 0 aromatic carbocycles. The molecule has 7 heteroatoms. The zero-order valence-electron chi connectivity index (χ0n) is 16.5. The number of hydrogen-bond acceptors (Lipinski definition) is 6. The second-order valence-electron chi connectivity index (χ2n) is 7.13. The molecule has 1 aliphatic heterocycles. The molecule has 2 unspecified atom stereocenters. The molecule has 0 spiro atoms. The van der Waals surface area contributed by atoms with E-state index in [-0.39, 0.29) is 24.7 Å². The van der Waals surface area contributed by atoms with Crippen LogP contribution in [-0.2, 0) is 28.6 Å². The minimum absolute atomic E-state index is 0.0744. The number of hydrogen-bond donors (Lipinski definition) is 1. The number of unbranched alkanes of at least 4 members (excludes halogenated alkanes) is 4. The average molecular weight is 384 g/mol. The smallest absolute Gasteiger partial charge is 0.350 e. The van der Waals surface area contributed by atoms with Gasteiger partial charge in [0.25, 0.3) is 0 Å². The molecule has 2 atom stereocenters. The Labute approximate surface area is 161 Å². The van der Waals surface area contributed by atoms with E-state index in [0.717, 1.165) is 19.3 Å². The van der Waals surface area contributed by atoms with Crippen LogP contribution in [0.3, 0.4) is 0 Å². The molecule has 1 rings (SSSR count).